The van der Waals surface area contributed by atoms with Crippen LogP contribution in [0.2, 0.25) is 0 Å². The van der Waals surface area contributed by atoms with Crippen molar-refractivity contribution in [3.05, 3.63) is 0 Å². The van der Waals surface area contributed by atoms with E-state index < -0.39 is 0 Å². The quantitative estimate of drug-likeness (QED) is 0.556. The highest BCUT2D eigenvalue weighted by molar-refractivity contribution is 6.14. The molecule has 3 heteroatoms. The van der Waals surface area contributed by atoms with Crippen LogP contribution < -0.4 is 5.73 Å². The Morgan fingerprint density at radius 2 is 2.30 bits per heavy atom. The first-order valence-electron chi connectivity index (χ1n) is 4.11. The second kappa shape index (κ2) is 3.51. The van der Waals surface area contributed by atoms with Crippen LogP contribution >= 0.6 is 0 Å². The fourth-order valence-corrected chi connectivity index (χ4v) is 2.34. The number of hydrogen-bond acceptors (Lipinski definition) is 2. The molecule has 1 aliphatic rings. The molecule has 1 unspecified atom stereocenters. The van der Waals surface area contributed by atoms with Crippen LogP contribution in [0.15, 0.2) is 0 Å². The van der Waals surface area contributed by atoms with E-state index >= 15 is 0 Å². The molecule has 1 aliphatic heterocycles. The minimum Gasteiger partial charge on any atom is -0.379 e. The van der Waals surface area contributed by atoms with Crippen molar-refractivity contribution in [1.82, 2.24) is 0 Å². The van der Waals surface area contributed by atoms with Gasteiger partial charge < -0.3 is 10.5 Å². The number of nitrogens with two attached hydrogens (primary N) is 1. The largest absolute Gasteiger partial charge is 0.379 e. The molecule has 2 nitrogen and oxygen atoms in total. The molecule has 1 fully saturated rings. The van der Waals surface area contributed by atoms with Crippen LogP contribution in [-0.4, -0.2) is 28.6 Å². The lowest BCUT2D eigenvalue weighted by Crippen LogP contribution is -2.38. The summed E-state index contributed by atoms with van der Waals surface area (Å²) in [6.45, 7) is 1.74. The van der Waals surface area contributed by atoms with Gasteiger partial charge in [-0.15, -0.1) is 0 Å². The highest BCUT2D eigenvalue weighted by atomic mass is 28.1. The third kappa shape index (κ3) is 2.07. The predicted molar refractivity (Wildman–Crippen MR) is 46.1 cm³/mol. The van der Waals surface area contributed by atoms with Gasteiger partial charge in [-0.05, 0) is 32.2 Å². The number of ether oxygens (including phenoxy) is 1. The van der Waals surface area contributed by atoms with E-state index in [4.69, 9.17) is 10.5 Å². The summed E-state index contributed by atoms with van der Waals surface area (Å²) in [5.74, 6) is 0. The Bertz CT molecular complexity index is 96.3. The minimum absolute atomic E-state index is 0.243. The Morgan fingerprint density at radius 1 is 1.50 bits per heavy atom. The van der Waals surface area contributed by atoms with Gasteiger partial charge in [0.2, 0.25) is 0 Å². The Morgan fingerprint density at radius 3 is 2.80 bits per heavy atom. The van der Waals surface area contributed by atoms with Crippen molar-refractivity contribution in [2.45, 2.75) is 30.9 Å². The Labute approximate surface area is 65.5 Å². The van der Waals surface area contributed by atoms with E-state index in [9.17, 15) is 0 Å². The lowest BCUT2D eigenvalue weighted by molar-refractivity contribution is -0.0209. The van der Waals surface area contributed by atoms with Crippen molar-refractivity contribution in [3.63, 3.8) is 0 Å². The van der Waals surface area contributed by atoms with Gasteiger partial charge in [-0.3, -0.25) is 0 Å². The van der Waals surface area contributed by atoms with Gasteiger partial charge in [0.1, 0.15) is 0 Å². The molecule has 2 N–H and O–H groups in total. The van der Waals surface area contributed by atoms with Gasteiger partial charge in [0.15, 0.2) is 0 Å². The highest BCUT2D eigenvalue weighted by Gasteiger charge is 2.25. The van der Waals surface area contributed by atoms with E-state index in [-0.39, 0.29) is 5.22 Å². The smallest absolute Gasteiger partial charge is 0.0497 e. The van der Waals surface area contributed by atoms with Crippen molar-refractivity contribution < 1.29 is 4.74 Å². The first-order chi connectivity index (χ1) is 4.77. The molecule has 1 atom stereocenters. The molecule has 1 rings (SSSR count). The monoisotopic (exact) mass is 159 g/mol. The lowest BCUT2D eigenvalue weighted by atomic mass is 10.1. The maximum Gasteiger partial charge on any atom is 0.0497 e. The molecule has 1 heterocycles. The maximum atomic E-state index is 5.69. The van der Waals surface area contributed by atoms with Crippen molar-refractivity contribution >= 4 is 10.2 Å². The zero-order valence-electron chi connectivity index (χ0n) is 6.73. The minimum atomic E-state index is 0.243. The summed E-state index contributed by atoms with van der Waals surface area (Å²) in [7, 11) is 1.14. The number of hydrogen-bond donors (Lipinski definition) is 1. The first kappa shape index (κ1) is 8.24. The van der Waals surface area contributed by atoms with E-state index in [1.54, 1.807) is 0 Å². The molecule has 60 valence electrons. The predicted octanol–water partition coefficient (Wildman–Crippen LogP) is -0.403. The van der Waals surface area contributed by atoms with Crippen LogP contribution in [-0.2, 0) is 4.74 Å². The Balaban J connectivity index is 2.32. The summed E-state index contributed by atoms with van der Waals surface area (Å²) in [5, 5.41) is 0.243. The molecule has 0 aliphatic carbocycles. The SMILES string of the molecule is NCCC1([SiH3])CCCCO1. The normalized spacial score (nSPS) is 34.5. The third-order valence-electron chi connectivity index (χ3n) is 2.22. The van der Waals surface area contributed by atoms with E-state index in [1.807, 2.05) is 0 Å². The molecule has 0 aromatic heterocycles. The van der Waals surface area contributed by atoms with Crippen molar-refractivity contribution in [2.75, 3.05) is 13.2 Å². The van der Waals surface area contributed by atoms with Gasteiger partial charge in [0.05, 0.1) is 0 Å². The maximum absolute atomic E-state index is 5.69. The van der Waals surface area contributed by atoms with Gasteiger partial charge in [0.25, 0.3) is 0 Å². The van der Waals surface area contributed by atoms with Gasteiger partial charge in [-0.25, -0.2) is 0 Å². The summed E-state index contributed by atoms with van der Waals surface area (Å²) in [6.07, 6.45) is 4.90. The molecule has 0 saturated carbocycles. The van der Waals surface area contributed by atoms with Crippen molar-refractivity contribution in [2.24, 2.45) is 5.73 Å². The molecule has 0 bridgehead atoms. The lowest BCUT2D eigenvalue weighted by Gasteiger charge is -2.33. The van der Waals surface area contributed by atoms with Gasteiger partial charge in [-0.2, -0.15) is 0 Å². The van der Waals surface area contributed by atoms with Crippen LogP contribution in [0.1, 0.15) is 25.7 Å². The van der Waals surface area contributed by atoms with E-state index in [2.05, 4.69) is 0 Å². The molecule has 1 saturated heterocycles. The molecule has 0 radical (unpaired) electrons. The van der Waals surface area contributed by atoms with Gasteiger partial charge in [0, 0.05) is 22.1 Å². The second-order valence-electron chi connectivity index (χ2n) is 3.29. The zero-order valence-corrected chi connectivity index (χ0v) is 8.73. The van der Waals surface area contributed by atoms with Crippen LogP contribution in [0.25, 0.3) is 0 Å². The highest BCUT2D eigenvalue weighted by Crippen LogP contribution is 2.23. The average molecular weight is 159 g/mol. The van der Waals surface area contributed by atoms with E-state index in [0.29, 0.717) is 0 Å². The molecular weight excluding hydrogens is 142 g/mol. The van der Waals surface area contributed by atoms with Gasteiger partial charge >= 0.3 is 0 Å². The van der Waals surface area contributed by atoms with Crippen LogP contribution in [0.3, 0.4) is 0 Å². The fraction of sp³-hybridized carbons (Fsp3) is 1.00. The summed E-state index contributed by atoms with van der Waals surface area (Å²) >= 11 is 0. The Hall–Kier alpha value is 0.137. The third-order valence-corrected chi connectivity index (χ3v) is 3.51. The molecule has 10 heavy (non-hydrogen) atoms. The zero-order chi connectivity index (χ0) is 7.45. The molecule has 0 aromatic carbocycles. The van der Waals surface area contributed by atoms with Crippen molar-refractivity contribution in [3.8, 4) is 0 Å². The van der Waals surface area contributed by atoms with E-state index in [0.717, 1.165) is 29.8 Å². The van der Waals surface area contributed by atoms with Crippen molar-refractivity contribution in [1.29, 1.82) is 0 Å². The molecule has 0 aromatic rings. The summed E-state index contributed by atoms with van der Waals surface area (Å²) in [4.78, 5) is 0. The molecular formula is C7H17NOSi. The topological polar surface area (TPSA) is 35.2 Å². The Kier molecular flexibility index (Phi) is 2.89. The van der Waals surface area contributed by atoms with Crippen LogP contribution in [0.4, 0.5) is 0 Å². The standard InChI is InChI=1S/C7H17NOSi/c8-5-4-7(10)3-1-2-6-9-7/h1-6,8H2,10H3. The van der Waals surface area contributed by atoms with Gasteiger partial charge in [-0.1, -0.05) is 0 Å². The summed E-state index contributed by atoms with van der Waals surface area (Å²) < 4.78 is 5.69. The van der Waals surface area contributed by atoms with E-state index in [1.165, 1.54) is 19.3 Å². The average Bonchev–Trinajstić information content (AvgIpc) is 1.89. The van der Waals surface area contributed by atoms with Crippen LogP contribution in [0.5, 0.6) is 0 Å². The summed E-state index contributed by atoms with van der Waals surface area (Å²) in [5.41, 5.74) is 5.49. The van der Waals surface area contributed by atoms with Crippen LogP contribution in [0, 0.1) is 0 Å². The fourth-order valence-electron chi connectivity index (χ4n) is 1.49. The first-order valence-corrected chi connectivity index (χ1v) is 5.11. The molecule has 0 amide bonds. The molecule has 0 spiro atoms. The summed E-state index contributed by atoms with van der Waals surface area (Å²) in [6, 6.07) is 0. The number of rotatable bonds is 2. The second-order valence-corrected chi connectivity index (χ2v) is 5.12.